The molecule has 0 aliphatic carbocycles. The van der Waals surface area contributed by atoms with Crippen molar-refractivity contribution < 1.29 is 9.53 Å². The van der Waals surface area contributed by atoms with Gasteiger partial charge in [0.15, 0.2) is 0 Å². The van der Waals surface area contributed by atoms with Crippen molar-refractivity contribution in [3.05, 3.63) is 0 Å². The Bertz CT molecular complexity index is 53.7. The predicted octanol–water partition coefficient (Wildman–Crippen LogP) is -0.347. The molecule has 0 aromatic heterocycles. The minimum absolute atomic E-state index is 0. The normalized spacial score (nSPS) is 6.57. The Kier molecular flexibility index (Phi) is 11.0. The molecule has 0 N–H and O–H groups in total. The summed E-state index contributed by atoms with van der Waals surface area (Å²) < 4.78 is 4.40. The van der Waals surface area contributed by atoms with Crippen LogP contribution in [0.3, 0.4) is 0 Å². The second-order valence-corrected chi connectivity index (χ2v) is 0.925. The molecular formula is C4H10BaO2. The molecule has 0 saturated heterocycles. The number of carbonyl (C=O) groups is 1. The van der Waals surface area contributed by atoms with Gasteiger partial charge in [-0.05, 0) is 6.92 Å². The van der Waals surface area contributed by atoms with E-state index in [0.717, 1.165) is 0 Å². The Morgan fingerprint density at radius 3 is 2.14 bits per heavy atom. The summed E-state index contributed by atoms with van der Waals surface area (Å²) in [5.74, 6) is -0.211. The third-order valence-electron chi connectivity index (χ3n) is 0.348. The first kappa shape index (κ1) is 10.9. The zero-order valence-electron chi connectivity index (χ0n) is 4.02. The Balaban J connectivity index is 0. The fourth-order valence-corrected chi connectivity index (χ4v) is 0.203. The number of hydrogen-bond donors (Lipinski definition) is 0. The van der Waals surface area contributed by atoms with Gasteiger partial charge in [-0.1, -0.05) is 0 Å². The summed E-state index contributed by atoms with van der Waals surface area (Å²) in [4.78, 5) is 9.82. The van der Waals surface area contributed by atoms with Gasteiger partial charge in [-0.15, -0.1) is 0 Å². The molecule has 0 spiro atoms. The standard InChI is InChI=1S/C4H8O2.Ba.2H/c1-3-6-4(2)5;;;/h3H2,1-2H3;;;. The van der Waals surface area contributed by atoms with Crippen LogP contribution in [0.15, 0.2) is 0 Å². The zero-order valence-corrected chi connectivity index (χ0v) is 4.02. The van der Waals surface area contributed by atoms with E-state index in [-0.39, 0.29) is 54.9 Å². The van der Waals surface area contributed by atoms with E-state index >= 15 is 0 Å². The van der Waals surface area contributed by atoms with Crippen LogP contribution in [-0.2, 0) is 9.53 Å². The monoisotopic (exact) mass is 228 g/mol. The molecule has 0 bridgehead atoms. The molecule has 0 saturated carbocycles. The van der Waals surface area contributed by atoms with Crippen LogP contribution in [-0.4, -0.2) is 61.5 Å². The van der Waals surface area contributed by atoms with E-state index in [1.165, 1.54) is 6.92 Å². The van der Waals surface area contributed by atoms with Gasteiger partial charge in [0, 0.05) is 6.92 Å². The van der Waals surface area contributed by atoms with Gasteiger partial charge in [0.05, 0.1) is 6.61 Å². The Morgan fingerprint density at radius 2 is 2.14 bits per heavy atom. The van der Waals surface area contributed by atoms with Crippen molar-refractivity contribution in [3.63, 3.8) is 0 Å². The summed E-state index contributed by atoms with van der Waals surface area (Å²) in [6.45, 7) is 3.65. The maximum absolute atomic E-state index is 9.82. The molecule has 0 heterocycles. The van der Waals surface area contributed by atoms with Gasteiger partial charge in [0.1, 0.15) is 0 Å². The molecule has 7 heavy (non-hydrogen) atoms. The summed E-state index contributed by atoms with van der Waals surface area (Å²) in [5, 5.41) is 0. The van der Waals surface area contributed by atoms with Gasteiger partial charge in [0.2, 0.25) is 0 Å². The molecular weight excluding hydrogens is 217 g/mol. The zero-order chi connectivity index (χ0) is 4.99. The van der Waals surface area contributed by atoms with Gasteiger partial charge in [0.25, 0.3) is 0 Å². The summed E-state index contributed by atoms with van der Waals surface area (Å²) in [6, 6.07) is 0. The fourth-order valence-electron chi connectivity index (χ4n) is 0.203. The molecule has 0 fully saturated rings. The van der Waals surface area contributed by atoms with Crippen molar-refractivity contribution >= 4 is 54.9 Å². The minimum atomic E-state index is -0.211. The van der Waals surface area contributed by atoms with Crippen LogP contribution in [0.5, 0.6) is 0 Å². The molecule has 0 aliphatic heterocycles. The van der Waals surface area contributed by atoms with Gasteiger partial charge < -0.3 is 4.74 Å². The van der Waals surface area contributed by atoms with E-state index < -0.39 is 0 Å². The van der Waals surface area contributed by atoms with E-state index in [4.69, 9.17) is 0 Å². The second-order valence-electron chi connectivity index (χ2n) is 0.925. The van der Waals surface area contributed by atoms with Crippen molar-refractivity contribution in [3.8, 4) is 0 Å². The Hall–Kier alpha value is 1.04. The van der Waals surface area contributed by atoms with E-state index in [1.54, 1.807) is 6.92 Å². The molecule has 40 valence electrons. The summed E-state index contributed by atoms with van der Waals surface area (Å²) >= 11 is 0. The maximum atomic E-state index is 9.82. The number of carbonyl (C=O) groups excluding carboxylic acids is 1. The molecule has 2 nitrogen and oxygen atoms in total. The number of ether oxygens (including phenoxy) is 1. The molecule has 0 atom stereocenters. The summed E-state index contributed by atoms with van der Waals surface area (Å²) in [5.41, 5.74) is 0. The van der Waals surface area contributed by atoms with E-state index in [9.17, 15) is 4.79 Å². The number of esters is 1. The van der Waals surface area contributed by atoms with Crippen LogP contribution in [0.1, 0.15) is 13.8 Å². The van der Waals surface area contributed by atoms with Crippen molar-refractivity contribution in [2.45, 2.75) is 13.8 Å². The summed E-state index contributed by atoms with van der Waals surface area (Å²) in [7, 11) is 0. The van der Waals surface area contributed by atoms with Crippen molar-refractivity contribution in [2.24, 2.45) is 0 Å². The molecule has 0 aliphatic rings. The predicted molar refractivity (Wildman–Crippen MR) is 30.9 cm³/mol. The van der Waals surface area contributed by atoms with Crippen LogP contribution >= 0.6 is 0 Å². The average Bonchev–Trinajstić information content (AvgIpc) is 1.35. The molecule has 3 heteroatoms. The summed E-state index contributed by atoms with van der Waals surface area (Å²) in [6.07, 6.45) is 0. The van der Waals surface area contributed by atoms with Crippen molar-refractivity contribution in [2.75, 3.05) is 6.61 Å². The molecule has 0 aromatic rings. The first-order chi connectivity index (χ1) is 2.77. The topological polar surface area (TPSA) is 26.3 Å². The molecule has 0 rings (SSSR count). The van der Waals surface area contributed by atoms with Crippen LogP contribution in [0.25, 0.3) is 0 Å². The third-order valence-corrected chi connectivity index (χ3v) is 0.348. The van der Waals surface area contributed by atoms with Crippen molar-refractivity contribution in [1.82, 2.24) is 0 Å². The van der Waals surface area contributed by atoms with Gasteiger partial charge in [-0.3, -0.25) is 4.79 Å². The Labute approximate surface area is 83.7 Å². The molecule has 0 radical (unpaired) electrons. The van der Waals surface area contributed by atoms with Crippen LogP contribution < -0.4 is 0 Å². The average molecular weight is 227 g/mol. The van der Waals surface area contributed by atoms with Crippen molar-refractivity contribution in [1.29, 1.82) is 0 Å². The van der Waals surface area contributed by atoms with Gasteiger partial charge >= 0.3 is 54.9 Å². The van der Waals surface area contributed by atoms with E-state index in [0.29, 0.717) is 6.61 Å². The van der Waals surface area contributed by atoms with E-state index in [1.807, 2.05) is 0 Å². The number of rotatable bonds is 1. The first-order valence-electron chi connectivity index (χ1n) is 1.90. The number of hydrogen-bond acceptors (Lipinski definition) is 2. The second kappa shape index (κ2) is 7.04. The molecule has 0 aromatic carbocycles. The van der Waals surface area contributed by atoms with Crippen LogP contribution in [0.4, 0.5) is 0 Å². The molecule has 0 unspecified atom stereocenters. The fraction of sp³-hybridized carbons (Fsp3) is 0.750. The van der Waals surface area contributed by atoms with Gasteiger partial charge in [-0.25, -0.2) is 0 Å². The molecule has 0 amide bonds. The first-order valence-corrected chi connectivity index (χ1v) is 1.90. The van der Waals surface area contributed by atoms with Crippen LogP contribution in [0.2, 0.25) is 0 Å². The Morgan fingerprint density at radius 1 is 1.71 bits per heavy atom. The quantitative estimate of drug-likeness (QED) is 0.452. The SMILES string of the molecule is CCOC(C)=O.[BaH2]. The van der Waals surface area contributed by atoms with Gasteiger partial charge in [-0.2, -0.15) is 0 Å². The third kappa shape index (κ3) is 11.0. The van der Waals surface area contributed by atoms with E-state index in [2.05, 4.69) is 4.74 Å². The van der Waals surface area contributed by atoms with Crippen LogP contribution in [0, 0.1) is 0 Å².